The lowest BCUT2D eigenvalue weighted by Gasteiger charge is -2.21. The van der Waals surface area contributed by atoms with Crippen LogP contribution in [0.5, 0.6) is 0 Å². The predicted molar refractivity (Wildman–Crippen MR) is 105 cm³/mol. The van der Waals surface area contributed by atoms with Gasteiger partial charge in [0.15, 0.2) is 0 Å². The topological polar surface area (TPSA) is 58.1 Å². The highest BCUT2D eigenvalue weighted by Gasteiger charge is 2.61. The lowest BCUT2D eigenvalue weighted by molar-refractivity contribution is 0.0774. The molecule has 0 spiro atoms. The molecule has 2 aromatic heterocycles. The molecule has 2 aliphatic rings. The number of aryl methyl sites for hydroxylation is 3. The van der Waals surface area contributed by atoms with Gasteiger partial charge in [0.05, 0.1) is 16.5 Å². The second-order valence-electron chi connectivity index (χ2n) is 8.29. The number of rotatable bonds is 2. The van der Waals surface area contributed by atoms with Crippen LogP contribution in [0.15, 0.2) is 41.5 Å². The molecule has 2 atom stereocenters. The lowest BCUT2D eigenvalue weighted by Crippen LogP contribution is -2.33. The number of aromatic amines is 1. The van der Waals surface area contributed by atoms with E-state index in [9.17, 15) is 9.59 Å². The van der Waals surface area contributed by atoms with E-state index in [4.69, 9.17) is 0 Å². The van der Waals surface area contributed by atoms with Gasteiger partial charge in [-0.2, -0.15) is 0 Å². The Labute approximate surface area is 157 Å². The number of carbonyl (C=O) groups excluding carboxylic acids is 1. The van der Waals surface area contributed by atoms with E-state index in [0.29, 0.717) is 16.9 Å². The molecule has 5 heteroatoms. The van der Waals surface area contributed by atoms with Gasteiger partial charge in [-0.15, -0.1) is 0 Å². The first-order valence-electron chi connectivity index (χ1n) is 9.44. The molecule has 1 saturated carbocycles. The van der Waals surface area contributed by atoms with E-state index >= 15 is 0 Å². The second-order valence-corrected chi connectivity index (χ2v) is 8.29. The molecule has 2 unspecified atom stereocenters. The van der Waals surface area contributed by atoms with E-state index in [1.54, 1.807) is 12.4 Å². The van der Waals surface area contributed by atoms with Crippen LogP contribution in [-0.2, 0) is 12.5 Å². The summed E-state index contributed by atoms with van der Waals surface area (Å²) < 4.78 is 1.89. The van der Waals surface area contributed by atoms with Gasteiger partial charge in [0.2, 0.25) is 0 Å². The van der Waals surface area contributed by atoms with Crippen molar-refractivity contribution in [1.29, 1.82) is 0 Å². The molecule has 27 heavy (non-hydrogen) atoms. The number of amides is 1. The fraction of sp³-hybridized carbons (Fsp3) is 0.364. The first-order chi connectivity index (χ1) is 12.9. The minimum Gasteiger partial charge on any atom is -0.349 e. The Morgan fingerprint density at radius 2 is 2.11 bits per heavy atom. The van der Waals surface area contributed by atoms with E-state index in [-0.39, 0.29) is 16.9 Å². The van der Waals surface area contributed by atoms with Crippen LogP contribution in [0.3, 0.4) is 0 Å². The Kier molecular flexibility index (Phi) is 3.24. The molecule has 0 bridgehead atoms. The summed E-state index contributed by atoms with van der Waals surface area (Å²) in [5, 5.41) is 0.507. The predicted octanol–water partition coefficient (Wildman–Crippen LogP) is 2.90. The number of nitrogens with zero attached hydrogens (tertiary/aromatic N) is 2. The molecule has 1 saturated heterocycles. The standard InChI is InChI=1S/C22H23N3O2/c1-13-5-4-6-15(7-13)22-8-16(22)10-25(12-22)21(27)17-11-24(3)19-14(2)9-23-20(26)18(17)19/h4-7,9,11,16H,8,10,12H2,1-3H3,(H,23,26). The maximum absolute atomic E-state index is 13.3. The summed E-state index contributed by atoms with van der Waals surface area (Å²) in [6, 6.07) is 8.65. The highest BCUT2D eigenvalue weighted by Crippen LogP contribution is 2.59. The van der Waals surface area contributed by atoms with Crippen LogP contribution >= 0.6 is 0 Å². The third-order valence-corrected chi connectivity index (χ3v) is 6.46. The molecule has 1 amide bonds. The van der Waals surface area contributed by atoms with Crippen molar-refractivity contribution in [2.45, 2.75) is 25.7 Å². The minimum atomic E-state index is -0.197. The fourth-order valence-electron chi connectivity index (χ4n) is 5.02. The summed E-state index contributed by atoms with van der Waals surface area (Å²) in [5.74, 6) is 0.495. The van der Waals surface area contributed by atoms with Crippen LogP contribution in [0.2, 0.25) is 0 Å². The molecule has 1 N–H and O–H groups in total. The van der Waals surface area contributed by atoms with Crippen LogP contribution < -0.4 is 5.56 Å². The van der Waals surface area contributed by atoms with Crippen molar-refractivity contribution in [3.05, 3.63) is 69.3 Å². The number of hydrogen-bond donors (Lipinski definition) is 1. The number of nitrogens with one attached hydrogen (secondary N) is 1. The Hall–Kier alpha value is -2.82. The maximum Gasteiger partial charge on any atom is 0.258 e. The normalized spacial score (nSPS) is 23.7. The summed E-state index contributed by atoms with van der Waals surface area (Å²) >= 11 is 0. The summed E-state index contributed by atoms with van der Waals surface area (Å²) in [6.07, 6.45) is 4.66. The number of hydrogen-bond acceptors (Lipinski definition) is 2. The fourth-order valence-corrected chi connectivity index (χ4v) is 5.02. The number of carbonyl (C=O) groups is 1. The Morgan fingerprint density at radius 3 is 2.89 bits per heavy atom. The highest BCUT2D eigenvalue weighted by atomic mass is 16.2. The first kappa shape index (κ1) is 16.4. The average Bonchev–Trinajstić information content (AvgIpc) is 3.03. The van der Waals surface area contributed by atoms with Crippen LogP contribution in [0.4, 0.5) is 0 Å². The zero-order chi connectivity index (χ0) is 18.9. The zero-order valence-electron chi connectivity index (χ0n) is 15.9. The first-order valence-corrected chi connectivity index (χ1v) is 9.44. The number of piperidine rings is 1. The van der Waals surface area contributed by atoms with Crippen molar-refractivity contribution < 1.29 is 4.79 Å². The molecule has 5 nitrogen and oxygen atoms in total. The van der Waals surface area contributed by atoms with Gasteiger partial charge in [-0.25, -0.2) is 0 Å². The van der Waals surface area contributed by atoms with E-state index in [0.717, 1.165) is 30.6 Å². The van der Waals surface area contributed by atoms with Crippen molar-refractivity contribution in [1.82, 2.24) is 14.5 Å². The largest absolute Gasteiger partial charge is 0.349 e. The monoisotopic (exact) mass is 361 g/mol. The van der Waals surface area contributed by atoms with Gasteiger partial charge < -0.3 is 14.5 Å². The molecule has 5 rings (SSSR count). The summed E-state index contributed by atoms with van der Waals surface area (Å²) in [6.45, 7) is 5.57. The molecule has 138 valence electrons. The Bertz CT molecular complexity index is 1160. The molecule has 3 heterocycles. The van der Waals surface area contributed by atoms with Crippen LogP contribution in [0.1, 0.15) is 33.5 Å². The van der Waals surface area contributed by atoms with Crippen molar-refractivity contribution in [3.63, 3.8) is 0 Å². The van der Waals surface area contributed by atoms with Gasteiger partial charge in [-0.3, -0.25) is 9.59 Å². The minimum absolute atomic E-state index is 0.0315. The summed E-state index contributed by atoms with van der Waals surface area (Å²) in [4.78, 5) is 30.4. The van der Waals surface area contributed by atoms with Crippen molar-refractivity contribution in [2.24, 2.45) is 13.0 Å². The summed E-state index contributed by atoms with van der Waals surface area (Å²) in [7, 11) is 1.89. The SMILES string of the molecule is Cc1cccc(C23CC2CN(C(=O)c2cn(C)c4c(C)c[nH]c(=O)c24)C3)c1. The van der Waals surface area contributed by atoms with Gasteiger partial charge >= 0.3 is 0 Å². The third-order valence-electron chi connectivity index (χ3n) is 6.46. The molecule has 2 fully saturated rings. The molecular formula is C22H23N3O2. The van der Waals surface area contributed by atoms with Crippen LogP contribution in [0, 0.1) is 19.8 Å². The van der Waals surface area contributed by atoms with Gasteiger partial charge in [-0.1, -0.05) is 29.8 Å². The van der Waals surface area contributed by atoms with Crippen LogP contribution in [-0.4, -0.2) is 33.4 Å². The van der Waals surface area contributed by atoms with Crippen LogP contribution in [0.25, 0.3) is 10.9 Å². The smallest absolute Gasteiger partial charge is 0.258 e. The molecule has 1 aliphatic carbocycles. The van der Waals surface area contributed by atoms with Crippen molar-refractivity contribution >= 4 is 16.8 Å². The molecule has 3 aromatic rings. The maximum atomic E-state index is 13.3. The molecule has 1 aliphatic heterocycles. The number of pyridine rings is 1. The molecule has 0 radical (unpaired) electrons. The summed E-state index contributed by atoms with van der Waals surface area (Å²) in [5.41, 5.74) is 4.82. The van der Waals surface area contributed by atoms with E-state index in [2.05, 4.69) is 36.2 Å². The quantitative estimate of drug-likeness (QED) is 0.763. The van der Waals surface area contributed by atoms with Gasteiger partial charge in [0, 0.05) is 37.9 Å². The van der Waals surface area contributed by atoms with Crippen molar-refractivity contribution in [2.75, 3.05) is 13.1 Å². The molecular weight excluding hydrogens is 338 g/mol. The average molecular weight is 361 g/mol. The van der Waals surface area contributed by atoms with Gasteiger partial charge in [0.1, 0.15) is 0 Å². The van der Waals surface area contributed by atoms with E-state index in [1.807, 2.05) is 23.4 Å². The lowest BCUT2D eigenvalue weighted by atomic mass is 9.93. The Morgan fingerprint density at radius 1 is 1.30 bits per heavy atom. The van der Waals surface area contributed by atoms with E-state index < -0.39 is 0 Å². The number of fused-ring (bicyclic) bond motifs is 2. The number of aromatic nitrogens is 2. The van der Waals surface area contributed by atoms with Crippen molar-refractivity contribution in [3.8, 4) is 0 Å². The third kappa shape index (κ3) is 2.24. The second kappa shape index (κ2) is 5.35. The Balaban J connectivity index is 1.51. The number of H-pyrrole nitrogens is 1. The van der Waals surface area contributed by atoms with Gasteiger partial charge in [0.25, 0.3) is 11.5 Å². The number of likely N-dealkylation sites (tertiary alicyclic amines) is 1. The van der Waals surface area contributed by atoms with Gasteiger partial charge in [-0.05, 0) is 37.3 Å². The zero-order valence-corrected chi connectivity index (χ0v) is 15.9. The van der Waals surface area contributed by atoms with E-state index in [1.165, 1.54) is 11.1 Å². The highest BCUT2D eigenvalue weighted by molar-refractivity contribution is 6.07. The number of benzene rings is 1. The molecule has 1 aromatic carbocycles.